The average molecular weight is 422 g/mol. The van der Waals surface area contributed by atoms with Crippen LogP contribution in [0.3, 0.4) is 0 Å². The third kappa shape index (κ3) is 5.81. The van der Waals surface area contributed by atoms with Crippen LogP contribution in [0.4, 0.5) is 16.4 Å². The normalized spacial score (nSPS) is 10.5. The van der Waals surface area contributed by atoms with Crippen molar-refractivity contribution in [2.75, 3.05) is 5.32 Å². The number of H-pyrrole nitrogens is 2. The number of fused-ring (bicyclic) bond motifs is 1. The second kappa shape index (κ2) is 10.2. The van der Waals surface area contributed by atoms with Crippen LogP contribution in [0.15, 0.2) is 48.7 Å². The van der Waals surface area contributed by atoms with Gasteiger partial charge in [-0.1, -0.05) is 38.1 Å². The number of carbonyl (C=O) groups is 1. The van der Waals surface area contributed by atoms with Crippen molar-refractivity contribution in [2.45, 2.75) is 40.3 Å². The fraction of sp³-hybridized carbons (Fsp3) is 0.273. The zero-order valence-corrected chi connectivity index (χ0v) is 18.1. The Hall–Kier alpha value is -3.88. The number of anilines is 2. The van der Waals surface area contributed by atoms with E-state index in [1.807, 2.05) is 70.2 Å². The monoisotopic (exact) mass is 421 g/mol. The molecule has 31 heavy (non-hydrogen) atoms. The fourth-order valence-corrected chi connectivity index (χ4v) is 2.78. The molecule has 0 bridgehead atoms. The van der Waals surface area contributed by atoms with E-state index >= 15 is 0 Å². The van der Waals surface area contributed by atoms with Crippen molar-refractivity contribution in [3.8, 4) is 11.4 Å². The van der Waals surface area contributed by atoms with E-state index in [0.717, 1.165) is 27.7 Å². The van der Waals surface area contributed by atoms with Gasteiger partial charge in [-0.05, 0) is 37.6 Å². The van der Waals surface area contributed by atoms with Crippen LogP contribution in [0.25, 0.3) is 22.3 Å². The highest BCUT2D eigenvalue weighted by atomic mass is 16.5. The number of amides is 1. The molecule has 0 saturated heterocycles. The van der Waals surface area contributed by atoms with Gasteiger partial charge in [-0.3, -0.25) is 10.2 Å². The highest BCUT2D eigenvalue weighted by Crippen LogP contribution is 2.21. The van der Waals surface area contributed by atoms with Gasteiger partial charge in [0.2, 0.25) is 5.95 Å². The van der Waals surface area contributed by atoms with Gasteiger partial charge in [-0.2, -0.15) is 10.1 Å². The van der Waals surface area contributed by atoms with E-state index < -0.39 is 6.09 Å². The summed E-state index contributed by atoms with van der Waals surface area (Å²) < 4.78 is 5.18. The molecule has 9 heteroatoms. The molecule has 0 atom stereocenters. The standard InChI is InChI=1S/C20H21N7O2.C2H6/c1-12(2)22-20(28)29-11-13-3-5-14(6-4-13)18-24-19(27-26-18)23-16-7-8-17-15(9-16)10-21-25-17;1-2/h3-10,12H,11H2,1-2H3,(H,21,25)(H,22,28)(H2,23,24,26,27);1-2H3. The van der Waals surface area contributed by atoms with Gasteiger partial charge in [0.15, 0.2) is 5.82 Å². The minimum Gasteiger partial charge on any atom is -0.445 e. The van der Waals surface area contributed by atoms with Crippen molar-refractivity contribution >= 4 is 28.6 Å². The van der Waals surface area contributed by atoms with E-state index in [4.69, 9.17) is 4.74 Å². The number of benzene rings is 2. The average Bonchev–Trinajstić information content (AvgIpc) is 3.43. The first kappa shape index (κ1) is 21.8. The zero-order chi connectivity index (χ0) is 22.2. The molecule has 4 N–H and O–H groups in total. The molecule has 162 valence electrons. The summed E-state index contributed by atoms with van der Waals surface area (Å²) >= 11 is 0. The first-order chi connectivity index (χ1) is 15.1. The van der Waals surface area contributed by atoms with Crippen molar-refractivity contribution in [3.63, 3.8) is 0 Å². The molecule has 2 aromatic heterocycles. The number of nitrogens with one attached hydrogen (secondary N) is 4. The molecule has 1 amide bonds. The number of alkyl carbamates (subject to hydrolysis) is 1. The highest BCUT2D eigenvalue weighted by Gasteiger charge is 2.08. The quantitative estimate of drug-likeness (QED) is 0.356. The van der Waals surface area contributed by atoms with Crippen LogP contribution >= 0.6 is 0 Å². The number of carbonyl (C=O) groups excluding carboxylic acids is 1. The minimum atomic E-state index is -0.427. The molecular formula is C22H27N7O2. The fourth-order valence-electron chi connectivity index (χ4n) is 2.78. The van der Waals surface area contributed by atoms with Crippen molar-refractivity contribution < 1.29 is 9.53 Å². The molecule has 0 aliphatic rings. The Morgan fingerprint density at radius 1 is 1.10 bits per heavy atom. The molecule has 0 fully saturated rings. The van der Waals surface area contributed by atoms with Crippen LogP contribution < -0.4 is 10.6 Å². The summed E-state index contributed by atoms with van der Waals surface area (Å²) in [5.41, 5.74) is 3.61. The molecular weight excluding hydrogens is 394 g/mol. The summed E-state index contributed by atoms with van der Waals surface area (Å²) in [6, 6.07) is 13.5. The lowest BCUT2D eigenvalue weighted by Gasteiger charge is -2.09. The van der Waals surface area contributed by atoms with Gasteiger partial charge in [0, 0.05) is 22.7 Å². The first-order valence-corrected chi connectivity index (χ1v) is 10.2. The second-order valence-corrected chi connectivity index (χ2v) is 6.88. The molecule has 0 aliphatic carbocycles. The van der Waals surface area contributed by atoms with Crippen LogP contribution in [-0.4, -0.2) is 37.5 Å². The van der Waals surface area contributed by atoms with Crippen molar-refractivity contribution in [3.05, 3.63) is 54.2 Å². The van der Waals surface area contributed by atoms with E-state index in [1.54, 1.807) is 6.20 Å². The largest absolute Gasteiger partial charge is 0.445 e. The summed E-state index contributed by atoms with van der Waals surface area (Å²) in [6.45, 7) is 7.97. The van der Waals surface area contributed by atoms with Crippen LogP contribution in [0, 0.1) is 0 Å². The molecule has 2 heterocycles. The van der Waals surface area contributed by atoms with E-state index in [2.05, 4.69) is 36.0 Å². The van der Waals surface area contributed by atoms with Gasteiger partial charge in [-0.25, -0.2) is 4.79 Å². The maximum atomic E-state index is 11.6. The number of hydrogen-bond acceptors (Lipinski definition) is 6. The molecule has 0 unspecified atom stereocenters. The van der Waals surface area contributed by atoms with Gasteiger partial charge in [0.1, 0.15) is 6.61 Å². The van der Waals surface area contributed by atoms with Gasteiger partial charge in [0.25, 0.3) is 0 Å². The maximum Gasteiger partial charge on any atom is 0.407 e. The van der Waals surface area contributed by atoms with Crippen molar-refractivity contribution in [1.29, 1.82) is 0 Å². The molecule has 9 nitrogen and oxygen atoms in total. The number of aromatic amines is 2. The summed E-state index contributed by atoms with van der Waals surface area (Å²) in [4.78, 5) is 16.0. The second-order valence-electron chi connectivity index (χ2n) is 6.88. The predicted molar refractivity (Wildman–Crippen MR) is 121 cm³/mol. The Balaban J connectivity index is 0.00000132. The number of hydrogen-bond donors (Lipinski definition) is 4. The predicted octanol–water partition coefficient (Wildman–Crippen LogP) is 4.75. The highest BCUT2D eigenvalue weighted by molar-refractivity contribution is 5.82. The van der Waals surface area contributed by atoms with Crippen LogP contribution in [-0.2, 0) is 11.3 Å². The molecule has 4 aromatic rings. The maximum absolute atomic E-state index is 11.6. The summed E-state index contributed by atoms with van der Waals surface area (Å²) in [6.07, 6.45) is 1.34. The van der Waals surface area contributed by atoms with Crippen molar-refractivity contribution in [1.82, 2.24) is 30.7 Å². The molecule has 0 saturated carbocycles. The van der Waals surface area contributed by atoms with E-state index in [0.29, 0.717) is 11.8 Å². The Morgan fingerprint density at radius 3 is 2.61 bits per heavy atom. The molecule has 0 aliphatic heterocycles. The number of ether oxygens (including phenoxy) is 1. The summed E-state index contributed by atoms with van der Waals surface area (Å²) in [7, 11) is 0. The number of rotatable bonds is 6. The Morgan fingerprint density at radius 2 is 1.87 bits per heavy atom. The Labute approximate surface area is 180 Å². The topological polar surface area (TPSA) is 121 Å². The molecule has 0 radical (unpaired) electrons. The summed E-state index contributed by atoms with van der Waals surface area (Å²) in [5, 5.41) is 20.9. The molecule has 0 spiro atoms. The lowest BCUT2D eigenvalue weighted by molar-refractivity contribution is 0.137. The van der Waals surface area contributed by atoms with E-state index in [9.17, 15) is 4.79 Å². The SMILES string of the molecule is CC.CC(C)NC(=O)OCc1ccc(-c2nc(Nc3ccc4[nH]ncc4c3)n[nH]2)cc1. The van der Waals surface area contributed by atoms with Gasteiger partial charge >= 0.3 is 6.09 Å². The molecule has 4 rings (SSSR count). The number of nitrogens with zero attached hydrogens (tertiary/aromatic N) is 3. The smallest absolute Gasteiger partial charge is 0.407 e. The lowest BCUT2D eigenvalue weighted by atomic mass is 10.1. The third-order valence-electron chi connectivity index (χ3n) is 4.19. The molecule has 2 aromatic carbocycles. The van der Waals surface area contributed by atoms with Gasteiger partial charge in [0.05, 0.1) is 11.7 Å². The zero-order valence-electron chi connectivity index (χ0n) is 18.1. The Bertz CT molecular complexity index is 1120. The summed E-state index contributed by atoms with van der Waals surface area (Å²) in [5.74, 6) is 1.11. The van der Waals surface area contributed by atoms with E-state index in [-0.39, 0.29) is 12.6 Å². The Kier molecular flexibility index (Phi) is 7.21. The lowest BCUT2D eigenvalue weighted by Crippen LogP contribution is -2.30. The third-order valence-corrected chi connectivity index (χ3v) is 4.19. The minimum absolute atomic E-state index is 0.0423. The number of aromatic nitrogens is 5. The van der Waals surface area contributed by atoms with Crippen LogP contribution in [0.2, 0.25) is 0 Å². The van der Waals surface area contributed by atoms with Crippen molar-refractivity contribution in [2.24, 2.45) is 0 Å². The first-order valence-electron chi connectivity index (χ1n) is 10.2. The van der Waals surface area contributed by atoms with E-state index in [1.165, 1.54) is 0 Å². The van der Waals surface area contributed by atoms with Crippen LogP contribution in [0.1, 0.15) is 33.3 Å². The van der Waals surface area contributed by atoms with Gasteiger partial charge in [-0.15, -0.1) is 5.10 Å². The van der Waals surface area contributed by atoms with Crippen LogP contribution in [0.5, 0.6) is 0 Å². The van der Waals surface area contributed by atoms with Gasteiger partial charge < -0.3 is 15.4 Å².